The van der Waals surface area contributed by atoms with Gasteiger partial charge in [0.1, 0.15) is 0 Å². The molecule has 5 nitrogen and oxygen atoms in total. The highest BCUT2D eigenvalue weighted by Crippen LogP contribution is 2.17. The number of carbonyl (C=O) groups is 1. The van der Waals surface area contributed by atoms with Gasteiger partial charge in [-0.25, -0.2) is 0 Å². The summed E-state index contributed by atoms with van der Waals surface area (Å²) in [7, 11) is 0. The molecule has 0 aliphatic carbocycles. The summed E-state index contributed by atoms with van der Waals surface area (Å²) in [5.41, 5.74) is 6.48. The van der Waals surface area contributed by atoms with Crippen LogP contribution in [-0.4, -0.2) is 20.9 Å². The average molecular weight is 295 g/mol. The van der Waals surface area contributed by atoms with Gasteiger partial charge in [0.2, 0.25) is 0 Å². The van der Waals surface area contributed by atoms with Crippen molar-refractivity contribution in [2.45, 2.75) is 19.9 Å². The van der Waals surface area contributed by atoms with Crippen molar-refractivity contribution in [1.29, 1.82) is 0 Å². The number of nitrogen functional groups attached to an aromatic ring is 1. The summed E-state index contributed by atoms with van der Waals surface area (Å²) in [6.07, 6.45) is 0.0675. The summed E-state index contributed by atoms with van der Waals surface area (Å²) >= 11 is 2.09. The largest absolute Gasteiger partial charge is 0.481 e. The second-order valence-corrected chi connectivity index (χ2v) is 3.73. The first kappa shape index (κ1) is 10.3. The zero-order valence-corrected chi connectivity index (χ0v) is 9.28. The van der Waals surface area contributed by atoms with Crippen LogP contribution in [0.1, 0.15) is 12.1 Å². The zero-order valence-electron chi connectivity index (χ0n) is 7.12. The summed E-state index contributed by atoms with van der Waals surface area (Å²) in [4.78, 5) is 10.3. The van der Waals surface area contributed by atoms with E-state index in [1.54, 1.807) is 4.68 Å². The maximum absolute atomic E-state index is 10.3. The van der Waals surface area contributed by atoms with Crippen molar-refractivity contribution >= 4 is 34.4 Å². The Bertz CT molecular complexity index is 335. The predicted molar refractivity (Wildman–Crippen MR) is 56.3 cm³/mol. The van der Waals surface area contributed by atoms with Crippen LogP contribution >= 0.6 is 22.6 Å². The predicted octanol–water partition coefficient (Wildman–Crippen LogP) is 0.853. The van der Waals surface area contributed by atoms with E-state index in [9.17, 15) is 4.79 Å². The molecule has 0 unspecified atom stereocenters. The van der Waals surface area contributed by atoms with Crippen molar-refractivity contribution in [2.75, 3.05) is 5.73 Å². The van der Waals surface area contributed by atoms with Crippen LogP contribution in [0.15, 0.2) is 0 Å². The van der Waals surface area contributed by atoms with Crippen LogP contribution in [0.5, 0.6) is 0 Å². The van der Waals surface area contributed by atoms with E-state index in [4.69, 9.17) is 10.8 Å². The van der Waals surface area contributed by atoms with Crippen LogP contribution in [0.3, 0.4) is 0 Å². The lowest BCUT2D eigenvalue weighted by atomic mass is 10.4. The molecule has 1 heterocycles. The van der Waals surface area contributed by atoms with Crippen molar-refractivity contribution in [1.82, 2.24) is 9.78 Å². The topological polar surface area (TPSA) is 81.1 Å². The van der Waals surface area contributed by atoms with Crippen LogP contribution in [0.2, 0.25) is 0 Å². The molecule has 1 aromatic rings. The number of nitrogens with two attached hydrogens (primary N) is 1. The fourth-order valence-corrected chi connectivity index (χ4v) is 1.35. The molecule has 0 atom stereocenters. The second kappa shape index (κ2) is 3.95. The Labute approximate surface area is 89.1 Å². The van der Waals surface area contributed by atoms with Gasteiger partial charge in [-0.05, 0) is 29.5 Å². The third kappa shape index (κ3) is 2.33. The molecule has 0 bridgehead atoms. The molecule has 0 amide bonds. The fourth-order valence-electron chi connectivity index (χ4n) is 0.967. The number of aromatic nitrogens is 2. The maximum atomic E-state index is 10.3. The number of hydrogen-bond acceptors (Lipinski definition) is 3. The first-order valence-corrected chi connectivity index (χ1v) is 4.80. The quantitative estimate of drug-likeness (QED) is 0.810. The van der Waals surface area contributed by atoms with E-state index in [2.05, 4.69) is 27.7 Å². The third-order valence-corrected chi connectivity index (χ3v) is 3.03. The van der Waals surface area contributed by atoms with Gasteiger partial charge in [-0.15, -0.1) is 0 Å². The summed E-state index contributed by atoms with van der Waals surface area (Å²) in [6.45, 7) is 2.24. The molecule has 3 N–H and O–H groups in total. The lowest BCUT2D eigenvalue weighted by molar-refractivity contribution is -0.137. The molecule has 0 aromatic carbocycles. The SMILES string of the molecule is Cc1c(I)c(N)nn1CCC(=O)O. The van der Waals surface area contributed by atoms with E-state index in [-0.39, 0.29) is 6.42 Å². The minimum absolute atomic E-state index is 0.0675. The first-order chi connectivity index (χ1) is 6.02. The first-order valence-electron chi connectivity index (χ1n) is 3.72. The van der Waals surface area contributed by atoms with Crippen LogP contribution in [-0.2, 0) is 11.3 Å². The Morgan fingerprint density at radius 2 is 2.38 bits per heavy atom. The molecule has 13 heavy (non-hydrogen) atoms. The van der Waals surface area contributed by atoms with Crippen molar-refractivity contribution in [3.8, 4) is 0 Å². The van der Waals surface area contributed by atoms with Crippen LogP contribution in [0.4, 0.5) is 5.82 Å². The number of carboxylic acids is 1. The molecule has 6 heteroatoms. The second-order valence-electron chi connectivity index (χ2n) is 2.65. The number of aliphatic carboxylic acids is 1. The molecule has 0 saturated heterocycles. The normalized spacial score (nSPS) is 10.3. The van der Waals surface area contributed by atoms with Gasteiger partial charge in [0.05, 0.1) is 22.2 Å². The van der Waals surface area contributed by atoms with E-state index >= 15 is 0 Å². The molecule has 0 aliphatic rings. The molecule has 1 aromatic heterocycles. The molecule has 0 aliphatic heterocycles. The highest BCUT2D eigenvalue weighted by atomic mass is 127. The third-order valence-electron chi connectivity index (χ3n) is 1.70. The summed E-state index contributed by atoms with van der Waals surface area (Å²) < 4.78 is 2.51. The number of nitrogens with zero attached hydrogens (tertiary/aromatic N) is 2. The maximum Gasteiger partial charge on any atom is 0.305 e. The van der Waals surface area contributed by atoms with E-state index < -0.39 is 5.97 Å². The van der Waals surface area contributed by atoms with E-state index in [1.807, 2.05) is 6.92 Å². The van der Waals surface area contributed by atoms with Gasteiger partial charge in [0.15, 0.2) is 5.82 Å². The molecule has 1 rings (SSSR count). The molecular weight excluding hydrogens is 285 g/mol. The fraction of sp³-hybridized carbons (Fsp3) is 0.429. The van der Waals surface area contributed by atoms with Gasteiger partial charge in [0.25, 0.3) is 0 Å². The minimum Gasteiger partial charge on any atom is -0.481 e. The lowest BCUT2D eigenvalue weighted by Crippen LogP contribution is -2.07. The van der Waals surface area contributed by atoms with Gasteiger partial charge in [-0.2, -0.15) is 5.10 Å². The Morgan fingerprint density at radius 1 is 1.77 bits per heavy atom. The monoisotopic (exact) mass is 295 g/mol. The van der Waals surface area contributed by atoms with Crippen LogP contribution in [0.25, 0.3) is 0 Å². The highest BCUT2D eigenvalue weighted by Gasteiger charge is 2.09. The molecule has 0 saturated carbocycles. The molecular formula is C7H10IN3O2. The lowest BCUT2D eigenvalue weighted by Gasteiger charge is -2.00. The van der Waals surface area contributed by atoms with Gasteiger partial charge < -0.3 is 10.8 Å². The van der Waals surface area contributed by atoms with Gasteiger partial charge in [0, 0.05) is 0 Å². The Hall–Kier alpha value is -0.790. The molecule has 72 valence electrons. The summed E-state index contributed by atoms with van der Waals surface area (Å²) in [5.74, 6) is -0.369. The Morgan fingerprint density at radius 3 is 2.77 bits per heavy atom. The minimum atomic E-state index is -0.830. The standard InChI is InChI=1S/C7H10IN3O2/c1-4-6(8)7(9)10-11(4)3-2-5(12)13/h2-3H2,1H3,(H2,9,10)(H,12,13). The van der Waals surface area contributed by atoms with Crippen molar-refractivity contribution in [2.24, 2.45) is 0 Å². The molecule has 0 radical (unpaired) electrons. The van der Waals surface area contributed by atoms with Gasteiger partial charge in [-0.3, -0.25) is 9.48 Å². The smallest absolute Gasteiger partial charge is 0.305 e. The zero-order chi connectivity index (χ0) is 10.0. The summed E-state index contributed by atoms with van der Waals surface area (Å²) in [5, 5.41) is 12.5. The van der Waals surface area contributed by atoms with Gasteiger partial charge >= 0.3 is 5.97 Å². The number of halogens is 1. The van der Waals surface area contributed by atoms with Crippen molar-refractivity contribution in [3.05, 3.63) is 9.26 Å². The van der Waals surface area contributed by atoms with E-state index in [0.717, 1.165) is 9.26 Å². The highest BCUT2D eigenvalue weighted by molar-refractivity contribution is 14.1. The number of anilines is 1. The molecule has 0 fully saturated rings. The number of rotatable bonds is 3. The summed E-state index contributed by atoms with van der Waals surface area (Å²) in [6, 6.07) is 0. The average Bonchev–Trinajstić information content (AvgIpc) is 2.29. The van der Waals surface area contributed by atoms with Gasteiger partial charge in [-0.1, -0.05) is 0 Å². The van der Waals surface area contributed by atoms with Crippen molar-refractivity contribution in [3.63, 3.8) is 0 Å². The number of carboxylic acid groups (broad SMARTS) is 1. The van der Waals surface area contributed by atoms with Crippen LogP contribution in [0, 0.1) is 10.5 Å². The van der Waals surface area contributed by atoms with Crippen molar-refractivity contribution < 1.29 is 9.90 Å². The van der Waals surface area contributed by atoms with E-state index in [1.165, 1.54) is 0 Å². The van der Waals surface area contributed by atoms with E-state index in [0.29, 0.717) is 12.4 Å². The number of aryl methyl sites for hydroxylation is 1. The van der Waals surface area contributed by atoms with Crippen LogP contribution < -0.4 is 5.73 Å². The number of hydrogen-bond donors (Lipinski definition) is 2. The Kier molecular flexibility index (Phi) is 3.12. The Balaban J connectivity index is 2.78. The molecule has 0 spiro atoms.